The number of hydrogen-bond acceptors (Lipinski definition) is 3. The van der Waals surface area contributed by atoms with Crippen molar-refractivity contribution in [3.05, 3.63) is 11.6 Å². The fourth-order valence-corrected chi connectivity index (χ4v) is 9.16. The minimum Gasteiger partial charge on any atom is -0.434 e. The molecule has 0 heterocycles. The fourth-order valence-electron chi connectivity index (χ4n) is 9.16. The van der Waals surface area contributed by atoms with E-state index in [-0.39, 0.29) is 6.10 Å². The summed E-state index contributed by atoms with van der Waals surface area (Å²) in [5, 5.41) is 0. The minimum atomic E-state index is -0.477. The van der Waals surface area contributed by atoms with Crippen molar-refractivity contribution in [2.75, 3.05) is 6.61 Å². The molecule has 1 unspecified atom stereocenters. The molecule has 0 aliphatic heterocycles. The van der Waals surface area contributed by atoms with E-state index in [0.717, 1.165) is 54.8 Å². The Labute approximate surface area is 216 Å². The first-order valence-electron chi connectivity index (χ1n) is 15.1. The van der Waals surface area contributed by atoms with E-state index in [2.05, 4.69) is 54.5 Å². The van der Waals surface area contributed by atoms with E-state index in [0.29, 0.717) is 23.4 Å². The van der Waals surface area contributed by atoms with Gasteiger partial charge >= 0.3 is 6.16 Å². The summed E-state index contributed by atoms with van der Waals surface area (Å²) in [7, 11) is 0. The van der Waals surface area contributed by atoms with Gasteiger partial charge in [0.05, 0.1) is 6.61 Å². The summed E-state index contributed by atoms with van der Waals surface area (Å²) in [5.74, 6) is 5.51. The van der Waals surface area contributed by atoms with E-state index in [9.17, 15) is 4.79 Å². The average Bonchev–Trinajstić information content (AvgIpc) is 3.15. The van der Waals surface area contributed by atoms with Crippen LogP contribution in [0.25, 0.3) is 0 Å². The van der Waals surface area contributed by atoms with Crippen LogP contribution >= 0.6 is 0 Å². The Morgan fingerprint density at radius 1 is 0.971 bits per heavy atom. The monoisotopic (exact) mass is 486 g/mol. The number of carbonyl (C=O) groups excluding carboxylic acids is 1. The van der Waals surface area contributed by atoms with Crippen molar-refractivity contribution in [2.24, 2.45) is 52.3 Å². The zero-order valence-electron chi connectivity index (χ0n) is 23.9. The lowest BCUT2D eigenvalue weighted by molar-refractivity contribution is -0.0620. The molecule has 0 bridgehead atoms. The summed E-state index contributed by atoms with van der Waals surface area (Å²) in [6.07, 6.45) is 16.3. The maximum Gasteiger partial charge on any atom is 0.508 e. The van der Waals surface area contributed by atoms with Crippen molar-refractivity contribution in [3.63, 3.8) is 0 Å². The molecule has 0 spiro atoms. The average molecular weight is 487 g/mol. The van der Waals surface area contributed by atoms with Crippen molar-refractivity contribution in [1.82, 2.24) is 0 Å². The zero-order valence-corrected chi connectivity index (χ0v) is 23.9. The Morgan fingerprint density at radius 3 is 2.46 bits per heavy atom. The lowest BCUT2D eigenvalue weighted by Crippen LogP contribution is -2.51. The maximum atomic E-state index is 12.2. The van der Waals surface area contributed by atoms with E-state index in [1.54, 1.807) is 5.57 Å². The first kappa shape index (κ1) is 27.1. The highest BCUT2D eigenvalue weighted by atomic mass is 16.7. The van der Waals surface area contributed by atoms with Gasteiger partial charge in [0.15, 0.2) is 0 Å². The molecule has 3 nitrogen and oxygen atoms in total. The van der Waals surface area contributed by atoms with Crippen LogP contribution in [0.15, 0.2) is 11.6 Å². The summed E-state index contributed by atoms with van der Waals surface area (Å²) in [6, 6.07) is 0. The van der Waals surface area contributed by atoms with Gasteiger partial charge < -0.3 is 9.47 Å². The van der Waals surface area contributed by atoms with E-state index < -0.39 is 6.16 Å². The van der Waals surface area contributed by atoms with Crippen molar-refractivity contribution in [1.29, 1.82) is 0 Å². The third-order valence-electron chi connectivity index (χ3n) is 11.1. The van der Waals surface area contributed by atoms with Crippen LogP contribution in [-0.2, 0) is 9.47 Å². The molecule has 4 rings (SSSR count). The van der Waals surface area contributed by atoms with E-state index >= 15 is 0 Å². The zero-order chi connectivity index (χ0) is 25.4. The molecule has 3 heteroatoms. The fraction of sp³-hybridized carbons (Fsp3) is 0.906. The van der Waals surface area contributed by atoms with Gasteiger partial charge in [-0.1, -0.05) is 79.4 Å². The molecule has 0 aromatic rings. The molecule has 0 aromatic heterocycles. The lowest BCUT2D eigenvalue weighted by Gasteiger charge is -2.58. The molecule has 3 fully saturated rings. The van der Waals surface area contributed by atoms with Crippen molar-refractivity contribution in [3.8, 4) is 0 Å². The lowest BCUT2D eigenvalue weighted by atomic mass is 9.47. The third-order valence-corrected chi connectivity index (χ3v) is 11.1. The standard InChI is InChI=1S/C32H54O3/c1-21(2)9-8-10-23(5)27-13-14-28-26-12-11-24-19-25(35-30(33)34-20-22(3)4)15-17-31(24,6)29(26)16-18-32(27,28)7/h11,21-23,25-29H,8-10,12-20H2,1-7H3/t23?,25-,26-,27+,28-,29-,31-,32+/m0/s1. The molecule has 4 aliphatic rings. The highest BCUT2D eigenvalue weighted by molar-refractivity contribution is 5.60. The van der Waals surface area contributed by atoms with Crippen LogP contribution in [0.3, 0.4) is 0 Å². The van der Waals surface area contributed by atoms with E-state index in [1.807, 2.05) is 0 Å². The van der Waals surface area contributed by atoms with Crippen molar-refractivity contribution >= 4 is 6.16 Å². The number of hydrogen-bond donors (Lipinski definition) is 0. The van der Waals surface area contributed by atoms with Crippen LogP contribution in [0.2, 0.25) is 0 Å². The third kappa shape index (κ3) is 5.49. The second kappa shape index (κ2) is 10.8. The van der Waals surface area contributed by atoms with Gasteiger partial charge in [0.1, 0.15) is 6.10 Å². The summed E-state index contributed by atoms with van der Waals surface area (Å²) in [6.45, 7) is 17.1. The summed E-state index contributed by atoms with van der Waals surface area (Å²) in [4.78, 5) is 12.2. The van der Waals surface area contributed by atoms with Gasteiger partial charge in [-0.05, 0) is 97.2 Å². The Balaban J connectivity index is 1.40. The Morgan fingerprint density at radius 2 is 1.74 bits per heavy atom. The first-order chi connectivity index (χ1) is 16.5. The van der Waals surface area contributed by atoms with Gasteiger partial charge in [-0.25, -0.2) is 4.79 Å². The minimum absolute atomic E-state index is 0.0121. The molecule has 200 valence electrons. The van der Waals surface area contributed by atoms with Crippen LogP contribution in [-0.4, -0.2) is 18.9 Å². The number of allylic oxidation sites excluding steroid dienone is 1. The maximum absolute atomic E-state index is 12.2. The Kier molecular flexibility index (Phi) is 8.33. The summed E-state index contributed by atoms with van der Waals surface area (Å²) >= 11 is 0. The van der Waals surface area contributed by atoms with E-state index in [4.69, 9.17) is 9.47 Å². The Bertz CT molecular complexity index is 769. The molecule has 35 heavy (non-hydrogen) atoms. The number of ether oxygens (including phenoxy) is 2. The van der Waals surface area contributed by atoms with Gasteiger partial charge in [0.25, 0.3) is 0 Å². The molecular weight excluding hydrogens is 432 g/mol. The second-order valence-electron chi connectivity index (χ2n) is 14.2. The van der Waals surface area contributed by atoms with Crippen molar-refractivity contribution in [2.45, 2.75) is 125 Å². The summed E-state index contributed by atoms with van der Waals surface area (Å²) < 4.78 is 11.0. The quantitative estimate of drug-likeness (QED) is 0.253. The van der Waals surface area contributed by atoms with Crippen LogP contribution in [0.4, 0.5) is 4.79 Å². The largest absolute Gasteiger partial charge is 0.508 e. The van der Waals surface area contributed by atoms with Gasteiger partial charge in [0.2, 0.25) is 0 Å². The number of fused-ring (bicyclic) bond motifs is 5. The summed E-state index contributed by atoms with van der Waals surface area (Å²) in [5.41, 5.74) is 2.42. The normalized spacial score (nSPS) is 39.5. The molecule has 0 aromatic carbocycles. The predicted molar refractivity (Wildman–Crippen MR) is 144 cm³/mol. The first-order valence-corrected chi connectivity index (χ1v) is 15.1. The molecular formula is C32H54O3. The number of carbonyl (C=O) groups is 1. The molecule has 8 atom stereocenters. The molecule has 4 aliphatic carbocycles. The molecule has 0 saturated heterocycles. The molecule has 3 saturated carbocycles. The highest BCUT2D eigenvalue weighted by Crippen LogP contribution is 2.67. The van der Waals surface area contributed by atoms with Crippen LogP contribution < -0.4 is 0 Å². The van der Waals surface area contributed by atoms with Gasteiger partial charge in [-0.2, -0.15) is 0 Å². The molecule has 0 N–H and O–H groups in total. The van der Waals surface area contributed by atoms with E-state index in [1.165, 1.54) is 51.4 Å². The topological polar surface area (TPSA) is 35.5 Å². The molecule has 0 radical (unpaired) electrons. The van der Waals surface area contributed by atoms with Crippen LogP contribution in [0.1, 0.15) is 119 Å². The van der Waals surface area contributed by atoms with Crippen LogP contribution in [0, 0.1) is 52.3 Å². The van der Waals surface area contributed by atoms with Crippen LogP contribution in [0.5, 0.6) is 0 Å². The smallest absolute Gasteiger partial charge is 0.434 e. The van der Waals surface area contributed by atoms with Gasteiger partial charge in [0, 0.05) is 6.42 Å². The van der Waals surface area contributed by atoms with Gasteiger partial charge in [-0.3, -0.25) is 0 Å². The highest BCUT2D eigenvalue weighted by Gasteiger charge is 2.59. The second-order valence-corrected chi connectivity index (χ2v) is 14.2. The Hall–Kier alpha value is -0.990. The number of rotatable bonds is 8. The predicted octanol–water partition coefficient (Wildman–Crippen LogP) is 9.21. The van der Waals surface area contributed by atoms with Crippen molar-refractivity contribution < 1.29 is 14.3 Å². The molecule has 0 amide bonds. The SMILES string of the molecule is CC(C)CCCC(C)[C@H]1CC[C@H]2[C@@H]3CC=C4C[C@@H](OC(=O)OCC(C)C)CC[C@]4(C)[C@H]3CC[C@]12C. The van der Waals surface area contributed by atoms with Gasteiger partial charge in [-0.15, -0.1) is 0 Å².